The summed E-state index contributed by atoms with van der Waals surface area (Å²) in [5, 5.41) is 9.37. The minimum absolute atomic E-state index is 0.389. The third-order valence-corrected chi connectivity index (χ3v) is 1.32. The zero-order valence-corrected chi connectivity index (χ0v) is 5.23. The SMILES string of the molecule is CC(SC#N)C(N)=O. The van der Waals surface area contributed by atoms with Crippen molar-refractivity contribution < 1.29 is 4.79 Å². The first kappa shape index (κ1) is 7.31. The molecule has 4 heteroatoms. The normalized spacial score (nSPS) is 12.0. The molecule has 8 heavy (non-hydrogen) atoms. The number of rotatable bonds is 2. The Labute approximate surface area is 51.9 Å². The smallest absolute Gasteiger partial charge is 0.231 e. The second kappa shape index (κ2) is 3.33. The molecule has 0 bridgehead atoms. The highest BCUT2D eigenvalue weighted by molar-refractivity contribution is 8.04. The molecule has 0 aliphatic carbocycles. The molecule has 0 aliphatic heterocycles. The van der Waals surface area contributed by atoms with E-state index in [0.717, 1.165) is 11.8 Å². The Hall–Kier alpha value is -0.690. The quantitative estimate of drug-likeness (QED) is 0.538. The average Bonchev–Trinajstić information content (AvgIpc) is 1.67. The van der Waals surface area contributed by atoms with Gasteiger partial charge in [0, 0.05) is 0 Å². The van der Waals surface area contributed by atoms with Gasteiger partial charge in [0.05, 0.1) is 5.25 Å². The van der Waals surface area contributed by atoms with Crippen molar-refractivity contribution in [2.75, 3.05) is 0 Å². The average molecular weight is 130 g/mol. The molecule has 44 valence electrons. The molecule has 0 spiro atoms. The first-order valence-electron chi connectivity index (χ1n) is 2.02. The van der Waals surface area contributed by atoms with Gasteiger partial charge in [-0.15, -0.1) is 0 Å². The van der Waals surface area contributed by atoms with Gasteiger partial charge in [0.2, 0.25) is 5.91 Å². The van der Waals surface area contributed by atoms with Crippen LogP contribution in [-0.4, -0.2) is 11.2 Å². The van der Waals surface area contributed by atoms with Gasteiger partial charge < -0.3 is 5.73 Å². The monoisotopic (exact) mass is 130 g/mol. The molecule has 0 heterocycles. The van der Waals surface area contributed by atoms with E-state index < -0.39 is 5.91 Å². The number of primary amides is 1. The Bertz CT molecular complexity index is 128. The van der Waals surface area contributed by atoms with Gasteiger partial charge in [0.25, 0.3) is 0 Å². The fourth-order valence-corrected chi connectivity index (χ4v) is 0.411. The number of thiocyanates is 1. The molecule has 0 aromatic rings. The van der Waals surface area contributed by atoms with E-state index in [2.05, 4.69) is 0 Å². The summed E-state index contributed by atoms with van der Waals surface area (Å²) in [7, 11) is 0. The molecule has 1 amide bonds. The summed E-state index contributed by atoms with van der Waals surface area (Å²) in [4.78, 5) is 10.1. The number of thioether (sulfide) groups is 1. The Morgan fingerprint density at radius 2 is 2.50 bits per heavy atom. The predicted octanol–water partition coefficient (Wildman–Crippen LogP) is 0.0745. The Balaban J connectivity index is 3.52. The molecule has 1 unspecified atom stereocenters. The predicted molar refractivity (Wildman–Crippen MR) is 31.9 cm³/mol. The third-order valence-electron chi connectivity index (χ3n) is 0.630. The maximum absolute atomic E-state index is 10.1. The standard InChI is InChI=1S/C4H6N2OS/c1-3(4(6)7)8-2-5/h3H,1H3,(H2,6,7). The highest BCUT2D eigenvalue weighted by Crippen LogP contribution is 2.05. The van der Waals surface area contributed by atoms with Crippen molar-refractivity contribution in [2.24, 2.45) is 5.73 Å². The molecule has 0 aromatic heterocycles. The van der Waals surface area contributed by atoms with Crippen LogP contribution >= 0.6 is 11.8 Å². The zero-order valence-electron chi connectivity index (χ0n) is 4.42. The fraction of sp³-hybridized carbons (Fsp3) is 0.500. The number of nitrogens with zero attached hydrogens (tertiary/aromatic N) is 1. The molecule has 0 saturated carbocycles. The van der Waals surface area contributed by atoms with Gasteiger partial charge >= 0.3 is 0 Å². The van der Waals surface area contributed by atoms with E-state index >= 15 is 0 Å². The maximum atomic E-state index is 10.1. The van der Waals surface area contributed by atoms with Crippen molar-refractivity contribution in [2.45, 2.75) is 12.2 Å². The van der Waals surface area contributed by atoms with E-state index in [0.29, 0.717) is 0 Å². The molecular weight excluding hydrogens is 124 g/mol. The molecule has 0 radical (unpaired) electrons. The summed E-state index contributed by atoms with van der Waals surface area (Å²) in [6.07, 6.45) is 0. The number of carbonyl (C=O) groups is 1. The van der Waals surface area contributed by atoms with Gasteiger partial charge in [-0.1, -0.05) is 0 Å². The Kier molecular flexibility index (Phi) is 3.04. The maximum Gasteiger partial charge on any atom is 0.231 e. The summed E-state index contributed by atoms with van der Waals surface area (Å²) in [5.41, 5.74) is 4.81. The van der Waals surface area contributed by atoms with Crippen LogP contribution in [0.4, 0.5) is 0 Å². The molecule has 0 saturated heterocycles. The number of hydrogen-bond donors (Lipinski definition) is 1. The van der Waals surface area contributed by atoms with Crippen LogP contribution in [0.2, 0.25) is 0 Å². The van der Waals surface area contributed by atoms with Crippen LogP contribution in [0, 0.1) is 10.7 Å². The van der Waals surface area contributed by atoms with Crippen molar-refractivity contribution in [1.29, 1.82) is 5.26 Å². The second-order valence-corrected chi connectivity index (χ2v) is 2.38. The van der Waals surface area contributed by atoms with Crippen molar-refractivity contribution in [3.05, 3.63) is 0 Å². The molecule has 0 aromatic carbocycles. The first-order valence-corrected chi connectivity index (χ1v) is 2.90. The van der Waals surface area contributed by atoms with Gasteiger partial charge in [0.1, 0.15) is 5.40 Å². The van der Waals surface area contributed by atoms with Gasteiger partial charge in [-0.25, -0.2) is 0 Å². The van der Waals surface area contributed by atoms with Crippen LogP contribution in [0.25, 0.3) is 0 Å². The van der Waals surface area contributed by atoms with Gasteiger partial charge in [-0.05, 0) is 18.7 Å². The second-order valence-electron chi connectivity index (χ2n) is 1.25. The van der Waals surface area contributed by atoms with Gasteiger partial charge in [-0.3, -0.25) is 4.79 Å². The van der Waals surface area contributed by atoms with Crippen LogP contribution in [0.1, 0.15) is 6.92 Å². The van der Waals surface area contributed by atoms with Crippen molar-refractivity contribution in [3.63, 3.8) is 0 Å². The highest BCUT2D eigenvalue weighted by atomic mass is 32.2. The molecule has 1 atom stereocenters. The van der Waals surface area contributed by atoms with Crippen molar-refractivity contribution >= 4 is 17.7 Å². The minimum Gasteiger partial charge on any atom is -0.369 e. The number of hydrogen-bond acceptors (Lipinski definition) is 3. The molecule has 0 aliphatic rings. The van der Waals surface area contributed by atoms with E-state index in [4.69, 9.17) is 11.0 Å². The largest absolute Gasteiger partial charge is 0.369 e. The van der Waals surface area contributed by atoms with E-state index in [-0.39, 0.29) is 5.25 Å². The van der Waals surface area contributed by atoms with E-state index in [1.165, 1.54) is 0 Å². The summed E-state index contributed by atoms with van der Waals surface area (Å²) in [6.45, 7) is 1.59. The molecular formula is C4H6N2OS. The lowest BCUT2D eigenvalue weighted by molar-refractivity contribution is -0.117. The first-order chi connectivity index (χ1) is 3.68. The minimum atomic E-state index is -0.448. The molecule has 3 nitrogen and oxygen atoms in total. The summed E-state index contributed by atoms with van der Waals surface area (Å²) >= 11 is 0.870. The van der Waals surface area contributed by atoms with Crippen molar-refractivity contribution in [3.8, 4) is 5.40 Å². The summed E-state index contributed by atoms with van der Waals surface area (Å²) in [5.74, 6) is -0.448. The highest BCUT2D eigenvalue weighted by Gasteiger charge is 2.06. The topological polar surface area (TPSA) is 66.9 Å². The number of nitrogens with two attached hydrogens (primary N) is 1. The lowest BCUT2D eigenvalue weighted by Crippen LogP contribution is -2.21. The Morgan fingerprint density at radius 1 is 2.00 bits per heavy atom. The number of carbonyl (C=O) groups excluding carboxylic acids is 1. The third kappa shape index (κ3) is 2.48. The Morgan fingerprint density at radius 3 is 2.62 bits per heavy atom. The number of nitriles is 1. The zero-order chi connectivity index (χ0) is 6.57. The van der Waals surface area contributed by atoms with Crippen molar-refractivity contribution in [1.82, 2.24) is 0 Å². The van der Waals surface area contributed by atoms with Gasteiger partial charge in [0.15, 0.2) is 0 Å². The molecule has 0 fully saturated rings. The summed E-state index contributed by atoms with van der Waals surface area (Å²) in [6, 6.07) is 0. The van der Waals surface area contributed by atoms with E-state index in [1.54, 1.807) is 12.3 Å². The fourth-order valence-electron chi connectivity index (χ4n) is 0.137. The van der Waals surface area contributed by atoms with E-state index in [1.807, 2.05) is 0 Å². The lowest BCUT2D eigenvalue weighted by Gasteiger charge is -1.95. The molecule has 0 rings (SSSR count). The molecule has 2 N–H and O–H groups in total. The summed E-state index contributed by atoms with van der Waals surface area (Å²) < 4.78 is 0. The van der Waals surface area contributed by atoms with Crippen LogP contribution < -0.4 is 5.73 Å². The van der Waals surface area contributed by atoms with Crippen LogP contribution in [0.5, 0.6) is 0 Å². The lowest BCUT2D eigenvalue weighted by atomic mass is 10.5. The van der Waals surface area contributed by atoms with Crippen LogP contribution in [0.3, 0.4) is 0 Å². The van der Waals surface area contributed by atoms with Crippen LogP contribution in [0.15, 0.2) is 0 Å². The van der Waals surface area contributed by atoms with Crippen LogP contribution in [-0.2, 0) is 4.79 Å². The number of amides is 1. The van der Waals surface area contributed by atoms with Gasteiger partial charge in [-0.2, -0.15) is 5.26 Å². The van der Waals surface area contributed by atoms with E-state index in [9.17, 15) is 4.79 Å².